The predicted octanol–water partition coefficient (Wildman–Crippen LogP) is 1.21. The number of ether oxygens (including phenoxy) is 1. The Morgan fingerprint density at radius 2 is 1.60 bits per heavy atom. The molecule has 6 heteroatoms. The van der Waals surface area contributed by atoms with Gasteiger partial charge < -0.3 is 18.0 Å². The molecule has 0 radical (unpaired) electrons. The van der Waals surface area contributed by atoms with Crippen molar-refractivity contribution in [2.75, 3.05) is 27.9 Å². The van der Waals surface area contributed by atoms with Crippen LogP contribution in [0.3, 0.4) is 0 Å². The van der Waals surface area contributed by atoms with Crippen molar-refractivity contribution in [1.82, 2.24) is 0 Å². The standard InChI is InChI=1S/C9H20O5Si/c1-9(10)14-7-5-6-8-15(11-2,12-3)13-4/h5-8H2,1-4H3. The fourth-order valence-electron chi connectivity index (χ4n) is 1.22. The van der Waals surface area contributed by atoms with Crippen LogP contribution in [0, 0.1) is 0 Å². The van der Waals surface area contributed by atoms with Crippen LogP contribution in [-0.2, 0) is 22.8 Å². The van der Waals surface area contributed by atoms with Crippen molar-refractivity contribution in [3.8, 4) is 0 Å². The van der Waals surface area contributed by atoms with E-state index in [1.54, 1.807) is 21.3 Å². The van der Waals surface area contributed by atoms with Crippen molar-refractivity contribution in [1.29, 1.82) is 0 Å². The first-order valence-electron chi connectivity index (χ1n) is 4.89. The van der Waals surface area contributed by atoms with Crippen molar-refractivity contribution in [2.45, 2.75) is 25.8 Å². The number of esters is 1. The van der Waals surface area contributed by atoms with E-state index in [4.69, 9.17) is 18.0 Å². The highest BCUT2D eigenvalue weighted by Gasteiger charge is 2.36. The molecule has 0 bridgehead atoms. The average molecular weight is 236 g/mol. The van der Waals surface area contributed by atoms with Gasteiger partial charge in [0.25, 0.3) is 0 Å². The summed E-state index contributed by atoms with van der Waals surface area (Å²) in [6.07, 6.45) is 1.65. The lowest BCUT2D eigenvalue weighted by Crippen LogP contribution is -2.42. The third-order valence-electron chi connectivity index (χ3n) is 2.12. The minimum Gasteiger partial charge on any atom is -0.466 e. The summed E-state index contributed by atoms with van der Waals surface area (Å²) < 4.78 is 20.6. The van der Waals surface area contributed by atoms with Gasteiger partial charge in [0, 0.05) is 34.3 Å². The van der Waals surface area contributed by atoms with E-state index in [2.05, 4.69) is 0 Å². The predicted molar refractivity (Wildman–Crippen MR) is 57.5 cm³/mol. The van der Waals surface area contributed by atoms with Gasteiger partial charge in [-0.2, -0.15) is 0 Å². The van der Waals surface area contributed by atoms with Gasteiger partial charge in [-0.3, -0.25) is 4.79 Å². The van der Waals surface area contributed by atoms with E-state index in [-0.39, 0.29) is 5.97 Å². The molecule has 0 N–H and O–H groups in total. The topological polar surface area (TPSA) is 54.0 Å². The van der Waals surface area contributed by atoms with Crippen molar-refractivity contribution in [3.63, 3.8) is 0 Å². The molecule has 0 amide bonds. The molecule has 0 aliphatic rings. The molecule has 90 valence electrons. The second kappa shape index (κ2) is 7.81. The Labute approximate surface area is 92.0 Å². The van der Waals surface area contributed by atoms with E-state index in [1.165, 1.54) is 6.92 Å². The molecule has 0 rings (SSSR count). The molecular weight excluding hydrogens is 216 g/mol. The van der Waals surface area contributed by atoms with Gasteiger partial charge in [0.15, 0.2) is 0 Å². The van der Waals surface area contributed by atoms with Gasteiger partial charge in [0.1, 0.15) is 0 Å². The Morgan fingerprint density at radius 3 is 2.00 bits per heavy atom. The van der Waals surface area contributed by atoms with E-state index in [9.17, 15) is 4.79 Å². The Bertz CT molecular complexity index is 173. The quantitative estimate of drug-likeness (QED) is 0.360. The van der Waals surface area contributed by atoms with E-state index < -0.39 is 8.80 Å². The first-order chi connectivity index (χ1) is 7.10. The molecule has 15 heavy (non-hydrogen) atoms. The van der Waals surface area contributed by atoms with Crippen LogP contribution in [0.5, 0.6) is 0 Å². The fourth-order valence-corrected chi connectivity index (χ4v) is 3.01. The highest BCUT2D eigenvalue weighted by molar-refractivity contribution is 6.60. The Morgan fingerprint density at radius 1 is 1.07 bits per heavy atom. The third-order valence-corrected chi connectivity index (χ3v) is 4.95. The average Bonchev–Trinajstić information content (AvgIpc) is 2.24. The fraction of sp³-hybridized carbons (Fsp3) is 0.889. The zero-order valence-corrected chi connectivity index (χ0v) is 10.9. The van der Waals surface area contributed by atoms with Crippen LogP contribution < -0.4 is 0 Å². The highest BCUT2D eigenvalue weighted by Crippen LogP contribution is 2.16. The van der Waals surface area contributed by atoms with Crippen LogP contribution >= 0.6 is 0 Å². The summed E-state index contributed by atoms with van der Waals surface area (Å²) in [4.78, 5) is 10.5. The lowest BCUT2D eigenvalue weighted by molar-refractivity contribution is -0.141. The summed E-state index contributed by atoms with van der Waals surface area (Å²) in [5.41, 5.74) is 0. The van der Waals surface area contributed by atoms with E-state index in [0.29, 0.717) is 6.61 Å². The monoisotopic (exact) mass is 236 g/mol. The number of carbonyl (C=O) groups is 1. The first kappa shape index (κ1) is 14.6. The summed E-state index contributed by atoms with van der Waals surface area (Å²) in [6, 6.07) is 0.734. The largest absolute Gasteiger partial charge is 0.500 e. The second-order valence-corrected chi connectivity index (χ2v) is 6.18. The van der Waals surface area contributed by atoms with Crippen LogP contribution in [0.4, 0.5) is 0 Å². The van der Waals surface area contributed by atoms with Gasteiger partial charge in [0.05, 0.1) is 6.61 Å². The normalized spacial score (nSPS) is 11.5. The molecule has 0 spiro atoms. The molecule has 0 unspecified atom stereocenters. The minimum absolute atomic E-state index is 0.247. The Kier molecular flexibility index (Phi) is 7.58. The molecule has 0 aromatic carbocycles. The van der Waals surface area contributed by atoms with E-state index in [1.807, 2.05) is 0 Å². The minimum atomic E-state index is -2.44. The zero-order valence-electron chi connectivity index (χ0n) is 9.87. The molecule has 0 aromatic rings. The van der Waals surface area contributed by atoms with Crippen molar-refractivity contribution >= 4 is 14.8 Å². The van der Waals surface area contributed by atoms with Gasteiger partial charge >= 0.3 is 14.8 Å². The van der Waals surface area contributed by atoms with E-state index in [0.717, 1.165) is 18.9 Å². The zero-order chi connectivity index (χ0) is 11.7. The van der Waals surface area contributed by atoms with Gasteiger partial charge in [-0.1, -0.05) is 0 Å². The summed E-state index contributed by atoms with van der Waals surface area (Å²) in [5, 5.41) is 0. The molecule has 0 heterocycles. The summed E-state index contributed by atoms with van der Waals surface area (Å²) in [5.74, 6) is -0.247. The Hall–Kier alpha value is -0.433. The van der Waals surface area contributed by atoms with Gasteiger partial charge in [0.2, 0.25) is 0 Å². The molecule has 0 aromatic heterocycles. The van der Waals surface area contributed by atoms with E-state index >= 15 is 0 Å². The van der Waals surface area contributed by atoms with Crippen molar-refractivity contribution < 1.29 is 22.8 Å². The number of carbonyl (C=O) groups excluding carboxylic acids is 1. The van der Waals surface area contributed by atoms with Crippen LogP contribution in [0.2, 0.25) is 6.04 Å². The smallest absolute Gasteiger partial charge is 0.466 e. The number of hydrogen-bond donors (Lipinski definition) is 0. The SMILES string of the molecule is CO[Si](CCCCOC(C)=O)(OC)OC. The molecule has 0 saturated heterocycles. The molecular formula is C9H20O5Si. The summed E-state index contributed by atoms with van der Waals surface area (Å²) in [6.45, 7) is 1.84. The van der Waals surface area contributed by atoms with Crippen LogP contribution in [0.1, 0.15) is 19.8 Å². The summed E-state index contributed by atoms with van der Waals surface area (Å²) >= 11 is 0. The highest BCUT2D eigenvalue weighted by atomic mass is 28.4. The molecule has 0 aliphatic carbocycles. The maximum atomic E-state index is 10.5. The molecule has 0 atom stereocenters. The Balaban J connectivity index is 3.67. The van der Waals surface area contributed by atoms with Crippen molar-refractivity contribution in [3.05, 3.63) is 0 Å². The molecule has 0 saturated carbocycles. The number of hydrogen-bond acceptors (Lipinski definition) is 5. The number of rotatable bonds is 8. The molecule has 0 aliphatic heterocycles. The van der Waals surface area contributed by atoms with Crippen molar-refractivity contribution in [2.24, 2.45) is 0 Å². The van der Waals surface area contributed by atoms with Gasteiger partial charge in [-0.05, 0) is 12.8 Å². The molecule has 0 fully saturated rings. The maximum Gasteiger partial charge on any atom is 0.500 e. The van der Waals surface area contributed by atoms with Crippen LogP contribution in [-0.4, -0.2) is 42.7 Å². The van der Waals surface area contributed by atoms with Gasteiger partial charge in [-0.15, -0.1) is 0 Å². The third kappa shape index (κ3) is 5.88. The lowest BCUT2D eigenvalue weighted by Gasteiger charge is -2.24. The summed E-state index contributed by atoms with van der Waals surface area (Å²) in [7, 11) is 2.33. The number of unbranched alkanes of at least 4 members (excludes halogenated alkanes) is 1. The van der Waals surface area contributed by atoms with Gasteiger partial charge in [-0.25, -0.2) is 0 Å². The lowest BCUT2D eigenvalue weighted by atomic mass is 10.4. The van der Waals surface area contributed by atoms with Crippen LogP contribution in [0.25, 0.3) is 0 Å². The second-order valence-electron chi connectivity index (χ2n) is 3.09. The maximum absolute atomic E-state index is 10.5. The molecule has 5 nitrogen and oxygen atoms in total. The first-order valence-corrected chi connectivity index (χ1v) is 6.82. The van der Waals surface area contributed by atoms with Crippen LogP contribution in [0.15, 0.2) is 0 Å².